The molecule has 21 heavy (non-hydrogen) atoms. The van der Waals surface area contributed by atoms with Gasteiger partial charge in [-0.15, -0.1) is 0 Å². The zero-order valence-electron chi connectivity index (χ0n) is 12.1. The molecule has 0 saturated carbocycles. The molecule has 6 heteroatoms. The Labute approximate surface area is 121 Å². The lowest BCUT2D eigenvalue weighted by atomic mass is 10.1. The van der Waals surface area contributed by atoms with Crippen molar-refractivity contribution in [2.45, 2.75) is 32.7 Å². The van der Waals surface area contributed by atoms with E-state index in [1.807, 2.05) is 26.8 Å². The molecule has 2 aromatic rings. The first-order chi connectivity index (χ1) is 9.72. The van der Waals surface area contributed by atoms with E-state index in [4.69, 9.17) is 5.73 Å². The number of rotatable bonds is 2. The van der Waals surface area contributed by atoms with Crippen molar-refractivity contribution in [1.29, 1.82) is 5.26 Å². The van der Waals surface area contributed by atoms with Crippen molar-refractivity contribution in [2.24, 2.45) is 0 Å². The Morgan fingerprint density at radius 2 is 1.81 bits per heavy atom. The molecule has 2 N–H and O–H groups in total. The molecule has 0 unspecified atom stereocenters. The maximum atomic E-state index is 13.2. The maximum absolute atomic E-state index is 13.2. The van der Waals surface area contributed by atoms with E-state index in [2.05, 4.69) is 5.10 Å². The van der Waals surface area contributed by atoms with Crippen LogP contribution in [0.4, 0.5) is 14.6 Å². The van der Waals surface area contributed by atoms with Crippen LogP contribution in [0, 0.1) is 23.0 Å². The number of hydrogen-bond donors (Lipinski definition) is 1. The first-order valence-corrected chi connectivity index (χ1v) is 6.45. The highest BCUT2D eigenvalue weighted by Gasteiger charge is 2.23. The smallest absolute Gasteiger partial charge is 0.140 e. The van der Waals surface area contributed by atoms with Crippen LogP contribution in [-0.4, -0.2) is 9.78 Å². The normalized spacial score (nSPS) is 11.4. The summed E-state index contributed by atoms with van der Waals surface area (Å²) in [6.45, 7) is 5.72. The second-order valence-corrected chi connectivity index (χ2v) is 5.86. The Balaban J connectivity index is 2.47. The summed E-state index contributed by atoms with van der Waals surface area (Å²) in [7, 11) is 0. The van der Waals surface area contributed by atoms with Crippen LogP contribution in [0.5, 0.6) is 0 Å². The van der Waals surface area contributed by atoms with Gasteiger partial charge in [0.1, 0.15) is 29.1 Å². The van der Waals surface area contributed by atoms with Gasteiger partial charge in [0.2, 0.25) is 0 Å². The standard InChI is InChI=1S/C15H16F2N4/c1-15(2,3)21-14(19)12(8-18)13(20-21)6-9-4-10(16)7-11(17)5-9/h4-5,7H,6,19H2,1-3H3. The maximum Gasteiger partial charge on any atom is 0.140 e. The summed E-state index contributed by atoms with van der Waals surface area (Å²) in [5.74, 6) is -1.06. The van der Waals surface area contributed by atoms with Crippen molar-refractivity contribution in [1.82, 2.24) is 9.78 Å². The highest BCUT2D eigenvalue weighted by Crippen LogP contribution is 2.25. The molecule has 0 radical (unpaired) electrons. The first kappa shape index (κ1) is 15.0. The largest absolute Gasteiger partial charge is 0.383 e. The summed E-state index contributed by atoms with van der Waals surface area (Å²) in [5.41, 5.74) is 6.62. The number of aromatic nitrogens is 2. The monoisotopic (exact) mass is 290 g/mol. The minimum atomic E-state index is -0.660. The Morgan fingerprint density at radius 3 is 2.29 bits per heavy atom. The zero-order chi connectivity index (χ0) is 15.8. The molecule has 0 aliphatic heterocycles. The van der Waals surface area contributed by atoms with Gasteiger partial charge in [0, 0.05) is 12.5 Å². The molecule has 4 nitrogen and oxygen atoms in total. The van der Waals surface area contributed by atoms with Crippen LogP contribution in [0.2, 0.25) is 0 Å². The van der Waals surface area contributed by atoms with Gasteiger partial charge in [-0.25, -0.2) is 13.5 Å². The molecule has 0 bridgehead atoms. The van der Waals surface area contributed by atoms with E-state index in [-0.39, 0.29) is 23.3 Å². The molecule has 0 fully saturated rings. The summed E-state index contributed by atoms with van der Waals surface area (Å²) in [4.78, 5) is 0. The van der Waals surface area contributed by atoms with Crippen molar-refractivity contribution in [3.63, 3.8) is 0 Å². The average Bonchev–Trinajstić information content (AvgIpc) is 2.64. The lowest BCUT2D eigenvalue weighted by molar-refractivity contribution is 0.359. The fourth-order valence-corrected chi connectivity index (χ4v) is 2.14. The van der Waals surface area contributed by atoms with Gasteiger partial charge in [0.25, 0.3) is 0 Å². The summed E-state index contributed by atoms with van der Waals surface area (Å²) in [6, 6.07) is 5.25. The highest BCUT2D eigenvalue weighted by atomic mass is 19.1. The Kier molecular flexibility index (Phi) is 3.69. The van der Waals surface area contributed by atoms with E-state index in [1.165, 1.54) is 12.1 Å². The van der Waals surface area contributed by atoms with E-state index in [9.17, 15) is 14.0 Å². The summed E-state index contributed by atoms with van der Waals surface area (Å²) < 4.78 is 28.0. The predicted molar refractivity (Wildman–Crippen MR) is 75.5 cm³/mol. The summed E-state index contributed by atoms with van der Waals surface area (Å²) >= 11 is 0. The van der Waals surface area contributed by atoms with Gasteiger partial charge in [0.05, 0.1) is 11.2 Å². The van der Waals surface area contributed by atoms with Crippen LogP contribution in [0.25, 0.3) is 0 Å². The Morgan fingerprint density at radius 1 is 1.24 bits per heavy atom. The third kappa shape index (κ3) is 3.02. The average molecular weight is 290 g/mol. The van der Waals surface area contributed by atoms with Crippen LogP contribution in [0.3, 0.4) is 0 Å². The molecule has 1 aromatic heterocycles. The van der Waals surface area contributed by atoms with Crippen molar-refractivity contribution in [2.75, 3.05) is 5.73 Å². The molecule has 1 heterocycles. The van der Waals surface area contributed by atoms with Gasteiger partial charge >= 0.3 is 0 Å². The lowest BCUT2D eigenvalue weighted by Crippen LogP contribution is -2.25. The molecule has 110 valence electrons. The third-order valence-corrected chi connectivity index (χ3v) is 3.03. The molecule has 0 spiro atoms. The molecule has 0 aliphatic rings. The fourth-order valence-electron chi connectivity index (χ4n) is 2.14. The van der Waals surface area contributed by atoms with Crippen molar-refractivity contribution in [3.05, 3.63) is 46.7 Å². The SMILES string of the molecule is CC(C)(C)n1nc(Cc2cc(F)cc(F)c2)c(C#N)c1N. The van der Waals surface area contributed by atoms with Crippen molar-refractivity contribution < 1.29 is 8.78 Å². The van der Waals surface area contributed by atoms with Gasteiger partial charge in [-0.1, -0.05) is 0 Å². The molecule has 0 amide bonds. The molecule has 0 saturated heterocycles. The van der Waals surface area contributed by atoms with E-state index >= 15 is 0 Å². The van der Waals surface area contributed by atoms with Gasteiger partial charge < -0.3 is 5.73 Å². The van der Waals surface area contributed by atoms with E-state index < -0.39 is 11.6 Å². The number of nitrogen functional groups attached to an aromatic ring is 1. The number of anilines is 1. The minimum absolute atomic E-state index is 0.144. The third-order valence-electron chi connectivity index (χ3n) is 3.03. The van der Waals surface area contributed by atoms with Crippen molar-refractivity contribution in [3.8, 4) is 6.07 Å². The van der Waals surface area contributed by atoms with Gasteiger partial charge in [-0.05, 0) is 38.5 Å². The molecular weight excluding hydrogens is 274 g/mol. The van der Waals surface area contributed by atoms with Crippen LogP contribution in [0.15, 0.2) is 18.2 Å². The molecule has 1 aromatic carbocycles. The van der Waals surface area contributed by atoms with E-state index in [1.54, 1.807) is 4.68 Å². The Bertz CT molecular complexity index is 700. The second kappa shape index (κ2) is 5.17. The number of nitrogens with zero attached hydrogens (tertiary/aromatic N) is 3. The number of nitriles is 1. The highest BCUT2D eigenvalue weighted by molar-refractivity contribution is 5.53. The van der Waals surface area contributed by atoms with Crippen LogP contribution >= 0.6 is 0 Å². The van der Waals surface area contributed by atoms with E-state index in [0.717, 1.165) is 6.07 Å². The fraction of sp³-hybridized carbons (Fsp3) is 0.333. The van der Waals surface area contributed by atoms with Gasteiger partial charge in [-0.3, -0.25) is 0 Å². The lowest BCUT2D eigenvalue weighted by Gasteiger charge is -2.20. The van der Waals surface area contributed by atoms with Gasteiger partial charge in [0.15, 0.2) is 0 Å². The molecule has 2 rings (SSSR count). The number of nitrogens with two attached hydrogens (primary N) is 1. The predicted octanol–water partition coefficient (Wildman–Crippen LogP) is 2.96. The van der Waals surface area contributed by atoms with Crippen LogP contribution in [0.1, 0.15) is 37.6 Å². The number of hydrogen-bond acceptors (Lipinski definition) is 3. The van der Waals surface area contributed by atoms with E-state index in [0.29, 0.717) is 11.3 Å². The number of benzene rings is 1. The molecular formula is C15H16F2N4. The Hall–Kier alpha value is -2.42. The zero-order valence-corrected chi connectivity index (χ0v) is 12.1. The van der Waals surface area contributed by atoms with Crippen LogP contribution < -0.4 is 5.73 Å². The molecule has 0 aliphatic carbocycles. The second-order valence-electron chi connectivity index (χ2n) is 5.86. The van der Waals surface area contributed by atoms with Gasteiger partial charge in [-0.2, -0.15) is 10.4 Å². The number of halogens is 2. The quantitative estimate of drug-likeness (QED) is 0.924. The van der Waals surface area contributed by atoms with Crippen LogP contribution in [-0.2, 0) is 12.0 Å². The topological polar surface area (TPSA) is 67.6 Å². The first-order valence-electron chi connectivity index (χ1n) is 6.45. The summed E-state index contributed by atoms with van der Waals surface area (Å²) in [6.07, 6.45) is 0.144. The molecule has 0 atom stereocenters. The minimum Gasteiger partial charge on any atom is -0.383 e. The summed E-state index contributed by atoms with van der Waals surface area (Å²) in [5, 5.41) is 13.6. The van der Waals surface area contributed by atoms with Crippen molar-refractivity contribution >= 4 is 5.82 Å².